The normalized spacial score (nSPS) is 12.4. The van der Waals surface area contributed by atoms with Crippen LogP contribution in [0.2, 0.25) is 0 Å². The minimum atomic E-state index is -0.0696. The van der Waals surface area contributed by atoms with E-state index in [0.29, 0.717) is 6.04 Å². The van der Waals surface area contributed by atoms with Gasteiger partial charge in [0.15, 0.2) is 0 Å². The number of nitrogens with two attached hydrogens (primary N) is 1. The number of anilines is 1. The fourth-order valence-corrected chi connectivity index (χ4v) is 1.91. The predicted octanol–water partition coefficient (Wildman–Crippen LogP) is 3.29. The molecule has 0 radical (unpaired) electrons. The summed E-state index contributed by atoms with van der Waals surface area (Å²) in [5.74, 6) is 0. The van der Waals surface area contributed by atoms with Crippen LogP contribution in [0.5, 0.6) is 0 Å². The van der Waals surface area contributed by atoms with Crippen molar-refractivity contribution in [2.24, 2.45) is 0 Å². The molecule has 0 fully saturated rings. The average molecular weight is 264 g/mol. The van der Waals surface area contributed by atoms with E-state index in [1.807, 2.05) is 18.2 Å². The van der Waals surface area contributed by atoms with E-state index in [9.17, 15) is 0 Å². The van der Waals surface area contributed by atoms with Crippen LogP contribution in [-0.4, -0.2) is 29.7 Å². The standard InChI is InChI=1S/C16H28N2O/c1-13(2)18(9-10-19-16(3,4)5)12-14-7-6-8-15(17)11-14/h6-8,11,13H,9-10,12,17H2,1-5H3. The second-order valence-corrected chi connectivity index (χ2v) is 6.27. The Morgan fingerprint density at radius 2 is 1.95 bits per heavy atom. The largest absolute Gasteiger partial charge is 0.399 e. The Morgan fingerprint density at radius 1 is 1.26 bits per heavy atom. The lowest BCUT2D eigenvalue weighted by molar-refractivity contribution is -0.0172. The van der Waals surface area contributed by atoms with E-state index in [2.05, 4.69) is 45.6 Å². The van der Waals surface area contributed by atoms with Gasteiger partial charge in [-0.2, -0.15) is 0 Å². The lowest BCUT2D eigenvalue weighted by atomic mass is 10.1. The molecule has 0 saturated carbocycles. The maximum Gasteiger partial charge on any atom is 0.0600 e. The summed E-state index contributed by atoms with van der Waals surface area (Å²) in [6.45, 7) is 13.3. The summed E-state index contributed by atoms with van der Waals surface area (Å²) in [6, 6.07) is 8.59. The number of hydrogen-bond donors (Lipinski definition) is 1. The molecule has 3 nitrogen and oxygen atoms in total. The van der Waals surface area contributed by atoms with E-state index in [-0.39, 0.29) is 5.60 Å². The number of rotatable bonds is 6. The third kappa shape index (κ3) is 6.60. The van der Waals surface area contributed by atoms with Gasteiger partial charge >= 0.3 is 0 Å². The molecular formula is C16H28N2O. The Labute approximate surface area is 117 Å². The minimum Gasteiger partial charge on any atom is -0.399 e. The van der Waals surface area contributed by atoms with Gasteiger partial charge < -0.3 is 10.5 Å². The lowest BCUT2D eigenvalue weighted by Crippen LogP contribution is -2.35. The van der Waals surface area contributed by atoms with Gasteiger partial charge in [0.1, 0.15) is 0 Å². The van der Waals surface area contributed by atoms with Crippen LogP contribution in [0.4, 0.5) is 5.69 Å². The zero-order chi connectivity index (χ0) is 14.5. The average Bonchev–Trinajstić information content (AvgIpc) is 2.26. The topological polar surface area (TPSA) is 38.5 Å². The van der Waals surface area contributed by atoms with Gasteiger partial charge in [0.2, 0.25) is 0 Å². The molecule has 1 rings (SSSR count). The second kappa shape index (κ2) is 6.92. The van der Waals surface area contributed by atoms with E-state index < -0.39 is 0 Å². The molecule has 0 unspecified atom stereocenters. The third-order valence-electron chi connectivity index (χ3n) is 2.98. The molecule has 0 spiro atoms. The minimum absolute atomic E-state index is 0.0696. The molecule has 0 bridgehead atoms. The van der Waals surface area contributed by atoms with E-state index in [4.69, 9.17) is 10.5 Å². The van der Waals surface area contributed by atoms with Crippen molar-refractivity contribution in [3.8, 4) is 0 Å². The maximum atomic E-state index is 5.82. The van der Waals surface area contributed by atoms with Crippen LogP contribution in [0.25, 0.3) is 0 Å². The van der Waals surface area contributed by atoms with Crippen molar-refractivity contribution < 1.29 is 4.74 Å². The van der Waals surface area contributed by atoms with Crippen molar-refractivity contribution in [3.63, 3.8) is 0 Å². The van der Waals surface area contributed by atoms with Crippen molar-refractivity contribution in [2.75, 3.05) is 18.9 Å². The Balaban J connectivity index is 2.54. The second-order valence-electron chi connectivity index (χ2n) is 6.27. The third-order valence-corrected chi connectivity index (χ3v) is 2.98. The van der Waals surface area contributed by atoms with E-state index in [1.54, 1.807) is 0 Å². The van der Waals surface area contributed by atoms with Gasteiger partial charge in [0.25, 0.3) is 0 Å². The molecule has 2 N–H and O–H groups in total. The van der Waals surface area contributed by atoms with Crippen LogP contribution in [0.15, 0.2) is 24.3 Å². The number of benzene rings is 1. The predicted molar refractivity (Wildman–Crippen MR) is 82.1 cm³/mol. The molecule has 0 amide bonds. The Morgan fingerprint density at radius 3 is 2.47 bits per heavy atom. The molecule has 0 saturated heterocycles. The first-order chi connectivity index (χ1) is 8.78. The summed E-state index contributed by atoms with van der Waals surface area (Å²) < 4.78 is 5.81. The zero-order valence-electron chi connectivity index (χ0n) is 12.9. The molecule has 19 heavy (non-hydrogen) atoms. The molecule has 0 aromatic heterocycles. The lowest BCUT2D eigenvalue weighted by Gasteiger charge is -2.28. The molecule has 0 atom stereocenters. The quantitative estimate of drug-likeness (QED) is 0.801. The van der Waals surface area contributed by atoms with Crippen molar-refractivity contribution in [1.29, 1.82) is 0 Å². The SMILES string of the molecule is CC(C)N(CCOC(C)(C)C)Cc1cccc(N)c1. The van der Waals surface area contributed by atoms with Crippen LogP contribution in [0.1, 0.15) is 40.2 Å². The number of hydrogen-bond acceptors (Lipinski definition) is 3. The first-order valence-corrected chi connectivity index (χ1v) is 7.00. The number of nitrogens with zero attached hydrogens (tertiary/aromatic N) is 1. The van der Waals surface area contributed by atoms with Crippen LogP contribution < -0.4 is 5.73 Å². The Hall–Kier alpha value is -1.06. The molecule has 0 aliphatic carbocycles. The van der Waals surface area contributed by atoms with Gasteiger partial charge in [-0.25, -0.2) is 0 Å². The van der Waals surface area contributed by atoms with Crippen LogP contribution >= 0.6 is 0 Å². The summed E-state index contributed by atoms with van der Waals surface area (Å²) in [6.07, 6.45) is 0. The summed E-state index contributed by atoms with van der Waals surface area (Å²) in [4.78, 5) is 2.40. The van der Waals surface area contributed by atoms with Crippen LogP contribution in [-0.2, 0) is 11.3 Å². The Bertz CT molecular complexity index is 383. The summed E-state index contributed by atoms with van der Waals surface area (Å²) >= 11 is 0. The molecule has 3 heteroatoms. The van der Waals surface area contributed by atoms with Gasteiger partial charge in [-0.1, -0.05) is 12.1 Å². The summed E-state index contributed by atoms with van der Waals surface area (Å²) in [5, 5.41) is 0. The fourth-order valence-electron chi connectivity index (χ4n) is 1.91. The monoisotopic (exact) mass is 264 g/mol. The van der Waals surface area contributed by atoms with Crippen LogP contribution in [0.3, 0.4) is 0 Å². The van der Waals surface area contributed by atoms with E-state index in [0.717, 1.165) is 25.4 Å². The molecule has 1 aromatic carbocycles. The number of nitrogen functional groups attached to an aromatic ring is 1. The van der Waals surface area contributed by atoms with Crippen molar-refractivity contribution in [1.82, 2.24) is 4.90 Å². The molecule has 1 aromatic rings. The highest BCUT2D eigenvalue weighted by molar-refractivity contribution is 5.40. The highest BCUT2D eigenvalue weighted by atomic mass is 16.5. The number of ether oxygens (including phenoxy) is 1. The summed E-state index contributed by atoms with van der Waals surface area (Å²) in [7, 11) is 0. The highest BCUT2D eigenvalue weighted by Gasteiger charge is 2.14. The van der Waals surface area contributed by atoms with Crippen LogP contribution in [0, 0.1) is 0 Å². The zero-order valence-corrected chi connectivity index (χ0v) is 12.9. The van der Waals surface area contributed by atoms with E-state index >= 15 is 0 Å². The molecule has 108 valence electrons. The van der Waals surface area contributed by atoms with Gasteiger partial charge in [0.05, 0.1) is 12.2 Å². The Kier molecular flexibility index (Phi) is 5.83. The van der Waals surface area contributed by atoms with Crippen molar-refractivity contribution in [3.05, 3.63) is 29.8 Å². The van der Waals surface area contributed by atoms with Gasteiger partial charge in [-0.3, -0.25) is 4.90 Å². The highest BCUT2D eigenvalue weighted by Crippen LogP contribution is 2.12. The first kappa shape index (κ1) is 16.0. The van der Waals surface area contributed by atoms with Crippen molar-refractivity contribution in [2.45, 2.75) is 52.8 Å². The van der Waals surface area contributed by atoms with E-state index in [1.165, 1.54) is 5.56 Å². The smallest absolute Gasteiger partial charge is 0.0600 e. The first-order valence-electron chi connectivity index (χ1n) is 7.00. The van der Waals surface area contributed by atoms with Gasteiger partial charge in [-0.05, 0) is 52.3 Å². The molecule has 0 aliphatic rings. The van der Waals surface area contributed by atoms with Crippen molar-refractivity contribution >= 4 is 5.69 Å². The van der Waals surface area contributed by atoms with Gasteiger partial charge in [0, 0.05) is 24.8 Å². The molecule has 0 aliphatic heterocycles. The fraction of sp³-hybridized carbons (Fsp3) is 0.625. The maximum absolute atomic E-state index is 5.82. The molecular weight excluding hydrogens is 236 g/mol. The van der Waals surface area contributed by atoms with Gasteiger partial charge in [-0.15, -0.1) is 0 Å². The summed E-state index contributed by atoms with van der Waals surface area (Å²) in [5.41, 5.74) is 7.84. The molecule has 0 heterocycles.